The molecule has 4 aromatic carbocycles. The van der Waals surface area contributed by atoms with Crippen LogP contribution in [0.2, 0.25) is 0 Å². The van der Waals surface area contributed by atoms with Gasteiger partial charge in [-0.25, -0.2) is 0 Å². The first kappa shape index (κ1) is 30.2. The fourth-order valence-electron chi connectivity index (χ4n) is 5.74. The lowest BCUT2D eigenvalue weighted by Gasteiger charge is -2.35. The second-order valence-electron chi connectivity index (χ2n) is 11.5. The number of rotatable bonds is 10. The summed E-state index contributed by atoms with van der Waals surface area (Å²) >= 11 is 0. The van der Waals surface area contributed by atoms with Crippen LogP contribution >= 0.6 is 0 Å². The number of likely N-dealkylation sites (N-methyl/N-ethyl adjacent to an activating group) is 1. The highest BCUT2D eigenvalue weighted by Crippen LogP contribution is 2.34. The molecule has 0 aliphatic carbocycles. The molecule has 0 unspecified atom stereocenters. The van der Waals surface area contributed by atoms with E-state index in [2.05, 4.69) is 52.5 Å². The molecule has 232 valence electrons. The molecular formula is C36H39N5O4. The Morgan fingerprint density at radius 3 is 2.40 bits per heavy atom. The van der Waals surface area contributed by atoms with Gasteiger partial charge in [0, 0.05) is 50.4 Å². The number of hydrogen-bond donors (Lipinski definition) is 2. The van der Waals surface area contributed by atoms with Crippen molar-refractivity contribution in [1.82, 2.24) is 9.80 Å². The summed E-state index contributed by atoms with van der Waals surface area (Å²) in [7, 11) is 2.13. The quantitative estimate of drug-likeness (QED) is 0.260. The molecule has 2 aliphatic heterocycles. The normalized spacial score (nSPS) is 14.3. The van der Waals surface area contributed by atoms with Crippen LogP contribution in [-0.2, 0) is 6.54 Å². The molecule has 0 aromatic heterocycles. The molecule has 1 saturated heterocycles. The second-order valence-corrected chi connectivity index (χ2v) is 11.5. The largest absolute Gasteiger partial charge is 0.454 e. The highest BCUT2D eigenvalue weighted by atomic mass is 16.7. The molecule has 1 fully saturated rings. The van der Waals surface area contributed by atoms with Gasteiger partial charge in [0.05, 0.1) is 11.4 Å². The molecule has 0 spiro atoms. The molecule has 0 bridgehead atoms. The van der Waals surface area contributed by atoms with Crippen molar-refractivity contribution in [3.63, 3.8) is 0 Å². The average Bonchev–Trinajstić information content (AvgIpc) is 3.55. The number of benzene rings is 4. The van der Waals surface area contributed by atoms with E-state index in [1.165, 1.54) is 0 Å². The molecule has 2 aliphatic rings. The van der Waals surface area contributed by atoms with E-state index in [4.69, 9.17) is 15.2 Å². The number of hydrogen-bond acceptors (Lipinski definition) is 7. The fraction of sp³-hybridized carbons (Fsp3) is 0.278. The summed E-state index contributed by atoms with van der Waals surface area (Å²) in [6, 6.07) is 29.0. The number of nitrogens with one attached hydrogen (secondary N) is 1. The summed E-state index contributed by atoms with van der Waals surface area (Å²) in [6.45, 7) is 5.29. The van der Waals surface area contributed by atoms with Crippen LogP contribution in [0.1, 0.15) is 32.7 Å². The molecule has 2 amide bonds. The van der Waals surface area contributed by atoms with Crippen molar-refractivity contribution in [3.05, 3.63) is 108 Å². The lowest BCUT2D eigenvalue weighted by Crippen LogP contribution is -2.44. The first-order valence-corrected chi connectivity index (χ1v) is 15.4. The minimum atomic E-state index is -0.144. The third kappa shape index (κ3) is 7.11. The molecular weight excluding hydrogens is 566 g/mol. The molecule has 9 nitrogen and oxygen atoms in total. The molecule has 0 radical (unpaired) electrons. The Bertz CT molecular complexity index is 1650. The molecule has 4 aromatic rings. The Labute approximate surface area is 264 Å². The van der Waals surface area contributed by atoms with Crippen LogP contribution < -0.4 is 25.4 Å². The molecule has 45 heavy (non-hydrogen) atoms. The fourth-order valence-corrected chi connectivity index (χ4v) is 5.74. The number of piperazine rings is 1. The van der Waals surface area contributed by atoms with E-state index in [0.717, 1.165) is 54.2 Å². The zero-order valence-electron chi connectivity index (χ0n) is 25.6. The van der Waals surface area contributed by atoms with E-state index in [1.807, 2.05) is 47.4 Å². The van der Waals surface area contributed by atoms with Crippen LogP contribution in [0.25, 0.3) is 11.1 Å². The summed E-state index contributed by atoms with van der Waals surface area (Å²) < 4.78 is 10.9. The number of nitrogens with zero attached hydrogens (tertiary/aromatic N) is 3. The second kappa shape index (κ2) is 13.8. The maximum atomic E-state index is 13.6. The minimum absolute atomic E-state index is 0.0883. The zero-order valence-corrected chi connectivity index (χ0v) is 25.6. The molecule has 9 heteroatoms. The van der Waals surface area contributed by atoms with Crippen LogP contribution in [0.3, 0.4) is 0 Å². The predicted octanol–water partition coefficient (Wildman–Crippen LogP) is 5.08. The van der Waals surface area contributed by atoms with Gasteiger partial charge in [0.2, 0.25) is 6.79 Å². The Morgan fingerprint density at radius 2 is 1.60 bits per heavy atom. The van der Waals surface area contributed by atoms with Crippen molar-refractivity contribution >= 4 is 23.2 Å². The van der Waals surface area contributed by atoms with Crippen molar-refractivity contribution in [1.29, 1.82) is 0 Å². The number of ether oxygens (including phenoxy) is 2. The van der Waals surface area contributed by atoms with Crippen molar-refractivity contribution in [2.24, 2.45) is 5.73 Å². The van der Waals surface area contributed by atoms with Crippen LogP contribution in [-0.4, -0.2) is 74.7 Å². The van der Waals surface area contributed by atoms with Crippen molar-refractivity contribution in [2.75, 3.05) is 63.3 Å². The molecule has 6 rings (SSSR count). The smallest absolute Gasteiger partial charge is 0.255 e. The van der Waals surface area contributed by atoms with Crippen molar-refractivity contribution in [3.8, 4) is 22.6 Å². The van der Waals surface area contributed by atoms with E-state index in [0.29, 0.717) is 48.7 Å². The number of amides is 2. The maximum Gasteiger partial charge on any atom is 0.255 e. The highest BCUT2D eigenvalue weighted by Gasteiger charge is 2.22. The summed E-state index contributed by atoms with van der Waals surface area (Å²) in [4.78, 5) is 33.3. The number of anilines is 2. The monoisotopic (exact) mass is 605 g/mol. The van der Waals surface area contributed by atoms with Crippen LogP contribution in [0, 0.1) is 0 Å². The van der Waals surface area contributed by atoms with Gasteiger partial charge in [0.25, 0.3) is 11.8 Å². The first-order chi connectivity index (χ1) is 22.0. The van der Waals surface area contributed by atoms with E-state index in [1.54, 1.807) is 18.2 Å². The number of fused-ring (bicyclic) bond motifs is 1. The molecule has 2 heterocycles. The summed E-state index contributed by atoms with van der Waals surface area (Å²) in [5.41, 5.74) is 11.8. The predicted molar refractivity (Wildman–Crippen MR) is 177 cm³/mol. The molecule has 0 atom stereocenters. The number of carbonyl (C=O) groups excluding carboxylic acids is 2. The Hall–Kier alpha value is -4.86. The van der Waals surface area contributed by atoms with Gasteiger partial charge < -0.3 is 35.2 Å². The number of nitrogens with two attached hydrogens (primary N) is 1. The van der Waals surface area contributed by atoms with E-state index < -0.39 is 0 Å². The summed E-state index contributed by atoms with van der Waals surface area (Å²) in [6.07, 6.45) is 0.689. The standard InChI is InChI=1S/C36H39N5O4/c1-39-17-19-40(20-18-39)32-13-11-29(22-31(32)38-35(42)27-8-3-2-4-9-27)28-10-5-7-26(21-28)24-41(16-6-15-37)36(43)30-12-14-33-34(23-30)45-25-44-33/h2-5,7-14,21-23H,6,15-20,24-25,37H2,1H3,(H,38,42). The Balaban J connectivity index is 1.27. The van der Waals surface area contributed by atoms with E-state index in [9.17, 15) is 9.59 Å². The zero-order chi connectivity index (χ0) is 31.2. The third-order valence-corrected chi connectivity index (χ3v) is 8.30. The van der Waals surface area contributed by atoms with E-state index in [-0.39, 0.29) is 18.6 Å². The Kier molecular flexibility index (Phi) is 9.28. The average molecular weight is 606 g/mol. The van der Waals surface area contributed by atoms with Gasteiger partial charge in [-0.05, 0) is 85.2 Å². The Morgan fingerprint density at radius 1 is 0.822 bits per heavy atom. The van der Waals surface area contributed by atoms with Gasteiger partial charge in [-0.15, -0.1) is 0 Å². The maximum absolute atomic E-state index is 13.6. The van der Waals surface area contributed by atoms with Crippen LogP contribution in [0.15, 0.2) is 91.0 Å². The van der Waals surface area contributed by atoms with Gasteiger partial charge in [0.1, 0.15) is 0 Å². The number of carbonyl (C=O) groups is 2. The third-order valence-electron chi connectivity index (χ3n) is 8.30. The van der Waals surface area contributed by atoms with Crippen molar-refractivity contribution in [2.45, 2.75) is 13.0 Å². The summed E-state index contributed by atoms with van der Waals surface area (Å²) in [5.74, 6) is 0.992. The first-order valence-electron chi connectivity index (χ1n) is 15.4. The van der Waals surface area contributed by atoms with Gasteiger partial charge in [-0.2, -0.15) is 0 Å². The SMILES string of the molecule is CN1CCN(c2ccc(-c3cccc(CN(CCCN)C(=O)c4ccc5c(c4)OCO5)c3)cc2NC(=O)c2ccccc2)CC1. The lowest BCUT2D eigenvalue weighted by atomic mass is 10.0. The van der Waals surface area contributed by atoms with Gasteiger partial charge in [0.15, 0.2) is 11.5 Å². The molecule has 0 saturated carbocycles. The molecule has 3 N–H and O–H groups in total. The van der Waals surface area contributed by atoms with Crippen LogP contribution in [0.4, 0.5) is 11.4 Å². The van der Waals surface area contributed by atoms with Crippen LogP contribution in [0.5, 0.6) is 11.5 Å². The van der Waals surface area contributed by atoms with Gasteiger partial charge >= 0.3 is 0 Å². The van der Waals surface area contributed by atoms with Gasteiger partial charge in [-0.3, -0.25) is 9.59 Å². The highest BCUT2D eigenvalue weighted by molar-refractivity contribution is 6.06. The van der Waals surface area contributed by atoms with Gasteiger partial charge in [-0.1, -0.05) is 42.5 Å². The lowest BCUT2D eigenvalue weighted by molar-refractivity contribution is 0.0741. The minimum Gasteiger partial charge on any atom is -0.454 e. The topological polar surface area (TPSA) is 100 Å². The van der Waals surface area contributed by atoms with E-state index >= 15 is 0 Å². The summed E-state index contributed by atoms with van der Waals surface area (Å²) in [5, 5.41) is 3.19. The van der Waals surface area contributed by atoms with Crippen molar-refractivity contribution < 1.29 is 19.1 Å².